The Kier molecular flexibility index (Phi) is 5.39. The highest BCUT2D eigenvalue weighted by Gasteiger charge is 2.08. The second-order valence-electron chi connectivity index (χ2n) is 1.78. The zero-order valence-corrected chi connectivity index (χ0v) is 7.26. The van der Waals surface area contributed by atoms with E-state index < -0.39 is 10.4 Å². The molecule has 0 aromatic heterocycles. The fraction of sp³-hybridized carbons (Fsp3) is 1.00. The molecule has 0 saturated heterocycles. The minimum Gasteiger partial charge on any atom is -0.330 e. The smallest absolute Gasteiger partial charge is 0.330 e. The first-order chi connectivity index (χ1) is 5.12. The van der Waals surface area contributed by atoms with Crippen LogP contribution < -0.4 is 5.73 Å². The predicted molar refractivity (Wildman–Crippen MR) is 40.2 cm³/mol. The van der Waals surface area contributed by atoms with Crippen LogP contribution in [0.15, 0.2) is 0 Å². The Morgan fingerprint density at radius 3 is 2.45 bits per heavy atom. The summed E-state index contributed by atoms with van der Waals surface area (Å²) in [5.74, 6) is 0. The summed E-state index contributed by atoms with van der Waals surface area (Å²) in [4.78, 5) is 0. The Hall–Kier alpha value is -0.170. The first kappa shape index (κ1) is 10.8. The molecule has 0 spiro atoms. The van der Waals surface area contributed by atoms with E-state index in [0.29, 0.717) is 13.0 Å². The van der Waals surface area contributed by atoms with Crippen molar-refractivity contribution >= 4 is 10.4 Å². The summed E-state index contributed by atoms with van der Waals surface area (Å²) in [7, 11) is -3.76. The Morgan fingerprint density at radius 2 is 2.00 bits per heavy atom. The molecule has 0 radical (unpaired) electrons. The normalized spacial score (nSPS) is 11.8. The third kappa shape index (κ3) is 6.24. The molecule has 0 bridgehead atoms. The van der Waals surface area contributed by atoms with Gasteiger partial charge >= 0.3 is 10.4 Å². The maximum atomic E-state index is 10.6. The first-order valence-electron chi connectivity index (χ1n) is 3.36. The molecule has 0 atom stereocenters. The largest absolute Gasteiger partial charge is 0.399 e. The Morgan fingerprint density at radius 1 is 1.36 bits per heavy atom. The molecule has 0 aliphatic carbocycles. The molecule has 6 heteroatoms. The molecule has 0 saturated carbocycles. The molecule has 0 aliphatic heterocycles. The fourth-order valence-corrected chi connectivity index (χ4v) is 1.10. The van der Waals surface area contributed by atoms with Crippen molar-refractivity contribution in [3.05, 3.63) is 0 Å². The summed E-state index contributed by atoms with van der Waals surface area (Å²) in [6.45, 7) is 2.15. The van der Waals surface area contributed by atoms with Gasteiger partial charge in [-0.05, 0) is 19.9 Å². The molecule has 0 heterocycles. The maximum Gasteiger partial charge on any atom is 0.399 e. The Labute approximate surface area is 66.8 Å². The van der Waals surface area contributed by atoms with Crippen LogP contribution in [0.3, 0.4) is 0 Å². The SMILES string of the molecule is CCOS(=O)(=O)OCCCN. The third-order valence-corrected chi connectivity index (χ3v) is 1.82. The van der Waals surface area contributed by atoms with Gasteiger partial charge in [-0.2, -0.15) is 8.42 Å². The third-order valence-electron chi connectivity index (χ3n) is 0.838. The van der Waals surface area contributed by atoms with Crippen molar-refractivity contribution in [2.24, 2.45) is 5.73 Å². The standard InChI is InChI=1S/C5H13NO4S/c1-2-9-11(7,8)10-5-3-4-6/h2-6H2,1H3. The molecule has 0 rings (SSSR count). The van der Waals surface area contributed by atoms with Crippen molar-refractivity contribution in [1.82, 2.24) is 0 Å². The average Bonchev–Trinajstić information content (AvgIpc) is 1.87. The summed E-state index contributed by atoms with van der Waals surface area (Å²) in [5.41, 5.74) is 5.12. The van der Waals surface area contributed by atoms with Gasteiger partial charge in [-0.1, -0.05) is 0 Å². The van der Waals surface area contributed by atoms with E-state index >= 15 is 0 Å². The Bertz CT molecular complexity index is 177. The molecular weight excluding hydrogens is 170 g/mol. The van der Waals surface area contributed by atoms with E-state index in [1.54, 1.807) is 6.92 Å². The van der Waals surface area contributed by atoms with Crippen LogP contribution in [-0.4, -0.2) is 28.2 Å². The molecule has 0 aliphatic rings. The number of hydrogen-bond donors (Lipinski definition) is 1. The van der Waals surface area contributed by atoms with Gasteiger partial charge in [0.2, 0.25) is 0 Å². The quantitative estimate of drug-likeness (QED) is 0.568. The minimum absolute atomic E-state index is 0.0822. The van der Waals surface area contributed by atoms with E-state index in [1.165, 1.54) is 0 Å². The van der Waals surface area contributed by atoms with Crippen molar-refractivity contribution in [1.29, 1.82) is 0 Å². The lowest BCUT2D eigenvalue weighted by Crippen LogP contribution is -2.12. The summed E-state index contributed by atoms with van der Waals surface area (Å²) in [6, 6.07) is 0. The van der Waals surface area contributed by atoms with Crippen LogP contribution >= 0.6 is 0 Å². The second-order valence-corrected chi connectivity index (χ2v) is 3.07. The average molecular weight is 183 g/mol. The lowest BCUT2D eigenvalue weighted by Gasteiger charge is -2.02. The van der Waals surface area contributed by atoms with Crippen LogP contribution in [0.1, 0.15) is 13.3 Å². The minimum atomic E-state index is -3.76. The van der Waals surface area contributed by atoms with Gasteiger partial charge in [-0.15, -0.1) is 0 Å². The van der Waals surface area contributed by atoms with Crippen LogP contribution in [-0.2, 0) is 18.8 Å². The molecule has 68 valence electrons. The van der Waals surface area contributed by atoms with Crippen LogP contribution in [0.25, 0.3) is 0 Å². The van der Waals surface area contributed by atoms with E-state index in [-0.39, 0.29) is 13.2 Å². The first-order valence-corrected chi connectivity index (χ1v) is 4.69. The highest BCUT2D eigenvalue weighted by Crippen LogP contribution is 1.95. The van der Waals surface area contributed by atoms with Crippen molar-refractivity contribution in [3.8, 4) is 0 Å². The van der Waals surface area contributed by atoms with Gasteiger partial charge in [0.15, 0.2) is 0 Å². The van der Waals surface area contributed by atoms with Crippen molar-refractivity contribution in [3.63, 3.8) is 0 Å². The Balaban J connectivity index is 3.56. The summed E-state index contributed by atoms with van der Waals surface area (Å²) >= 11 is 0. The van der Waals surface area contributed by atoms with Crippen molar-refractivity contribution in [2.75, 3.05) is 19.8 Å². The van der Waals surface area contributed by atoms with Crippen molar-refractivity contribution in [2.45, 2.75) is 13.3 Å². The van der Waals surface area contributed by atoms with E-state index in [9.17, 15) is 8.42 Å². The van der Waals surface area contributed by atoms with Crippen LogP contribution in [0.4, 0.5) is 0 Å². The topological polar surface area (TPSA) is 78.6 Å². The zero-order valence-electron chi connectivity index (χ0n) is 6.45. The van der Waals surface area contributed by atoms with E-state index in [1.807, 2.05) is 0 Å². The van der Waals surface area contributed by atoms with Gasteiger partial charge in [0.05, 0.1) is 13.2 Å². The van der Waals surface area contributed by atoms with Gasteiger partial charge in [0.25, 0.3) is 0 Å². The molecule has 0 aromatic carbocycles. The molecular formula is C5H13NO4S. The number of hydrogen-bond acceptors (Lipinski definition) is 5. The van der Waals surface area contributed by atoms with Gasteiger partial charge in [0.1, 0.15) is 0 Å². The maximum absolute atomic E-state index is 10.6. The summed E-state index contributed by atoms with van der Waals surface area (Å²) in [6.07, 6.45) is 0.506. The molecule has 5 nitrogen and oxygen atoms in total. The lowest BCUT2D eigenvalue weighted by molar-refractivity contribution is 0.221. The zero-order chi connectivity index (χ0) is 8.74. The summed E-state index contributed by atoms with van der Waals surface area (Å²) < 4.78 is 29.9. The molecule has 11 heavy (non-hydrogen) atoms. The molecule has 0 amide bonds. The van der Waals surface area contributed by atoms with Gasteiger partial charge in [0, 0.05) is 0 Å². The molecule has 0 fully saturated rings. The van der Waals surface area contributed by atoms with Crippen LogP contribution in [0.2, 0.25) is 0 Å². The van der Waals surface area contributed by atoms with E-state index in [4.69, 9.17) is 5.73 Å². The lowest BCUT2D eigenvalue weighted by atomic mass is 10.5. The highest BCUT2D eigenvalue weighted by atomic mass is 32.3. The predicted octanol–water partition coefficient (Wildman–Crippen LogP) is -0.367. The fourth-order valence-electron chi connectivity index (χ4n) is 0.423. The van der Waals surface area contributed by atoms with Crippen LogP contribution in [0, 0.1) is 0 Å². The van der Waals surface area contributed by atoms with Crippen LogP contribution in [0.5, 0.6) is 0 Å². The van der Waals surface area contributed by atoms with E-state index in [2.05, 4.69) is 8.37 Å². The van der Waals surface area contributed by atoms with Crippen molar-refractivity contribution < 1.29 is 16.8 Å². The highest BCUT2D eigenvalue weighted by molar-refractivity contribution is 7.81. The second kappa shape index (κ2) is 5.48. The van der Waals surface area contributed by atoms with Gasteiger partial charge in [-0.3, -0.25) is 0 Å². The van der Waals surface area contributed by atoms with Gasteiger partial charge < -0.3 is 5.73 Å². The number of nitrogens with two attached hydrogens (primary N) is 1. The van der Waals surface area contributed by atoms with Gasteiger partial charge in [-0.25, -0.2) is 8.37 Å². The monoisotopic (exact) mass is 183 g/mol. The molecule has 0 unspecified atom stereocenters. The van der Waals surface area contributed by atoms with E-state index in [0.717, 1.165) is 0 Å². The number of rotatable bonds is 6. The molecule has 0 aromatic rings. The molecule has 2 N–H and O–H groups in total. The summed E-state index contributed by atoms with van der Waals surface area (Å²) in [5, 5.41) is 0.